The zero-order valence-corrected chi connectivity index (χ0v) is 9.45. The van der Waals surface area contributed by atoms with Crippen molar-refractivity contribution in [2.75, 3.05) is 13.2 Å². The van der Waals surface area contributed by atoms with E-state index in [1.165, 1.54) is 5.56 Å². The van der Waals surface area contributed by atoms with Crippen LogP contribution in [0.1, 0.15) is 25.3 Å². The van der Waals surface area contributed by atoms with E-state index in [2.05, 4.69) is 24.3 Å². The van der Waals surface area contributed by atoms with Crippen LogP contribution in [-0.4, -0.2) is 18.3 Å². The fourth-order valence-electron chi connectivity index (χ4n) is 1.61. The molecule has 0 amide bonds. The molecule has 1 aromatic rings. The molecule has 0 fully saturated rings. The van der Waals surface area contributed by atoms with Crippen molar-refractivity contribution in [1.82, 2.24) is 0 Å². The Bertz CT molecular complexity index is 267. The molecule has 0 aliphatic heterocycles. The highest BCUT2D eigenvalue weighted by Crippen LogP contribution is 2.21. The highest BCUT2D eigenvalue weighted by atomic mass is 16.3. The summed E-state index contributed by atoms with van der Waals surface area (Å²) < 4.78 is 0. The van der Waals surface area contributed by atoms with Gasteiger partial charge in [-0.3, -0.25) is 0 Å². The van der Waals surface area contributed by atoms with Crippen LogP contribution in [0.3, 0.4) is 0 Å². The number of nitrogens with two attached hydrogens (primary N) is 1. The van der Waals surface area contributed by atoms with E-state index in [0.29, 0.717) is 6.54 Å². The van der Waals surface area contributed by atoms with E-state index in [0.717, 1.165) is 19.3 Å². The number of benzene rings is 1. The molecule has 2 nitrogen and oxygen atoms in total. The Hall–Kier alpha value is -0.860. The molecular formula is C13H21NO. The van der Waals surface area contributed by atoms with Gasteiger partial charge in [0.25, 0.3) is 0 Å². The van der Waals surface area contributed by atoms with Crippen LogP contribution in [0.5, 0.6) is 0 Å². The summed E-state index contributed by atoms with van der Waals surface area (Å²) in [7, 11) is 0. The van der Waals surface area contributed by atoms with Crippen molar-refractivity contribution < 1.29 is 5.11 Å². The molecule has 0 aromatic heterocycles. The minimum absolute atomic E-state index is 0.102. The van der Waals surface area contributed by atoms with Crippen molar-refractivity contribution in [1.29, 1.82) is 0 Å². The van der Waals surface area contributed by atoms with E-state index in [1.54, 1.807) is 0 Å². The molecule has 3 N–H and O–H groups in total. The van der Waals surface area contributed by atoms with Crippen molar-refractivity contribution in [3.8, 4) is 0 Å². The van der Waals surface area contributed by atoms with Crippen molar-refractivity contribution in [2.45, 2.75) is 26.2 Å². The average molecular weight is 207 g/mol. The highest BCUT2D eigenvalue weighted by Gasteiger charge is 2.20. The summed E-state index contributed by atoms with van der Waals surface area (Å²) in [5.41, 5.74) is 6.89. The third-order valence-corrected chi connectivity index (χ3v) is 2.96. The lowest BCUT2D eigenvalue weighted by Crippen LogP contribution is -2.31. The van der Waals surface area contributed by atoms with E-state index in [-0.39, 0.29) is 12.0 Å². The molecule has 1 atom stereocenters. The molecule has 1 unspecified atom stereocenters. The predicted octanol–water partition coefficient (Wildman–Crippen LogP) is 1.97. The molecule has 2 heteroatoms. The Morgan fingerprint density at radius 3 is 2.47 bits per heavy atom. The molecule has 0 aliphatic carbocycles. The lowest BCUT2D eigenvalue weighted by molar-refractivity contribution is 0.138. The third kappa shape index (κ3) is 4.02. The zero-order valence-electron chi connectivity index (χ0n) is 9.45. The minimum atomic E-state index is -0.102. The summed E-state index contributed by atoms with van der Waals surface area (Å²) >= 11 is 0. The van der Waals surface area contributed by atoms with E-state index < -0.39 is 0 Å². The molecule has 84 valence electrons. The first-order valence-corrected chi connectivity index (χ1v) is 5.55. The van der Waals surface area contributed by atoms with E-state index in [1.807, 2.05) is 13.0 Å². The Balaban J connectivity index is 2.33. The van der Waals surface area contributed by atoms with Crippen LogP contribution in [-0.2, 0) is 6.42 Å². The Labute approximate surface area is 92.1 Å². The van der Waals surface area contributed by atoms with Crippen LogP contribution in [0, 0.1) is 5.41 Å². The molecule has 0 spiro atoms. The standard InChI is InChI=1S/C13H21NO/c1-13(10-14,11-15)9-5-8-12-6-3-2-4-7-12/h2-4,6-7,15H,5,8-11,14H2,1H3. The zero-order chi connectivity index (χ0) is 11.1. The van der Waals surface area contributed by atoms with Gasteiger partial charge >= 0.3 is 0 Å². The van der Waals surface area contributed by atoms with Gasteiger partial charge in [0.2, 0.25) is 0 Å². The van der Waals surface area contributed by atoms with Gasteiger partial charge in [0.05, 0.1) is 0 Å². The lowest BCUT2D eigenvalue weighted by Gasteiger charge is -2.25. The van der Waals surface area contributed by atoms with Gasteiger partial charge in [-0.2, -0.15) is 0 Å². The van der Waals surface area contributed by atoms with Crippen LogP contribution < -0.4 is 5.73 Å². The molecular weight excluding hydrogens is 186 g/mol. The first kappa shape index (κ1) is 12.2. The molecule has 1 aromatic carbocycles. The Kier molecular flexibility index (Phi) is 4.79. The van der Waals surface area contributed by atoms with E-state index in [4.69, 9.17) is 5.73 Å². The van der Waals surface area contributed by atoms with E-state index >= 15 is 0 Å². The predicted molar refractivity (Wildman–Crippen MR) is 63.6 cm³/mol. The van der Waals surface area contributed by atoms with Crippen LogP contribution in [0.15, 0.2) is 30.3 Å². The van der Waals surface area contributed by atoms with Gasteiger partial charge in [-0.1, -0.05) is 37.3 Å². The Morgan fingerprint density at radius 1 is 1.27 bits per heavy atom. The quantitative estimate of drug-likeness (QED) is 0.749. The fraction of sp³-hybridized carbons (Fsp3) is 0.538. The van der Waals surface area contributed by atoms with Gasteiger partial charge in [-0.25, -0.2) is 0 Å². The van der Waals surface area contributed by atoms with Crippen LogP contribution in [0.2, 0.25) is 0 Å². The number of aliphatic hydroxyl groups is 1. The summed E-state index contributed by atoms with van der Waals surface area (Å²) in [6.07, 6.45) is 3.13. The van der Waals surface area contributed by atoms with Crippen molar-refractivity contribution in [3.63, 3.8) is 0 Å². The van der Waals surface area contributed by atoms with Crippen LogP contribution in [0.4, 0.5) is 0 Å². The molecule has 0 radical (unpaired) electrons. The van der Waals surface area contributed by atoms with Crippen molar-refractivity contribution in [3.05, 3.63) is 35.9 Å². The minimum Gasteiger partial charge on any atom is -0.396 e. The van der Waals surface area contributed by atoms with Crippen LogP contribution in [0.25, 0.3) is 0 Å². The Morgan fingerprint density at radius 2 is 1.93 bits per heavy atom. The molecule has 15 heavy (non-hydrogen) atoms. The molecule has 0 aliphatic rings. The SMILES string of the molecule is CC(CN)(CO)CCCc1ccccc1. The molecule has 0 saturated carbocycles. The van der Waals surface area contributed by atoms with Gasteiger partial charge < -0.3 is 10.8 Å². The summed E-state index contributed by atoms with van der Waals surface area (Å²) in [5.74, 6) is 0. The summed E-state index contributed by atoms with van der Waals surface area (Å²) in [6, 6.07) is 10.4. The van der Waals surface area contributed by atoms with Gasteiger partial charge in [0, 0.05) is 12.0 Å². The second kappa shape index (κ2) is 5.89. The van der Waals surface area contributed by atoms with Crippen molar-refractivity contribution >= 4 is 0 Å². The number of aliphatic hydroxyl groups excluding tert-OH is 1. The second-order valence-corrected chi connectivity index (χ2v) is 4.51. The summed E-state index contributed by atoms with van der Waals surface area (Å²) in [4.78, 5) is 0. The van der Waals surface area contributed by atoms with Gasteiger partial charge in [0.15, 0.2) is 0 Å². The smallest absolute Gasteiger partial charge is 0.0496 e. The highest BCUT2D eigenvalue weighted by molar-refractivity contribution is 5.14. The maximum absolute atomic E-state index is 9.20. The van der Waals surface area contributed by atoms with Crippen LogP contribution >= 0.6 is 0 Å². The fourth-order valence-corrected chi connectivity index (χ4v) is 1.61. The number of aryl methyl sites for hydroxylation is 1. The van der Waals surface area contributed by atoms with Gasteiger partial charge in [-0.15, -0.1) is 0 Å². The number of hydrogen-bond donors (Lipinski definition) is 2. The number of hydrogen-bond acceptors (Lipinski definition) is 2. The molecule has 0 heterocycles. The van der Waals surface area contributed by atoms with Crippen molar-refractivity contribution in [2.24, 2.45) is 11.1 Å². The lowest BCUT2D eigenvalue weighted by atomic mass is 9.85. The third-order valence-electron chi connectivity index (χ3n) is 2.96. The normalized spacial score (nSPS) is 14.9. The molecule has 1 rings (SSSR count). The second-order valence-electron chi connectivity index (χ2n) is 4.51. The molecule has 0 saturated heterocycles. The maximum Gasteiger partial charge on any atom is 0.0496 e. The molecule has 0 bridgehead atoms. The number of rotatable bonds is 6. The summed E-state index contributed by atoms with van der Waals surface area (Å²) in [6.45, 7) is 2.77. The van der Waals surface area contributed by atoms with E-state index in [9.17, 15) is 5.11 Å². The van der Waals surface area contributed by atoms with Gasteiger partial charge in [-0.05, 0) is 31.4 Å². The topological polar surface area (TPSA) is 46.2 Å². The monoisotopic (exact) mass is 207 g/mol. The maximum atomic E-state index is 9.20. The first-order valence-electron chi connectivity index (χ1n) is 5.55. The largest absolute Gasteiger partial charge is 0.396 e. The van der Waals surface area contributed by atoms with Gasteiger partial charge in [0.1, 0.15) is 0 Å². The first-order chi connectivity index (χ1) is 7.20. The average Bonchev–Trinajstić information content (AvgIpc) is 2.30. The summed E-state index contributed by atoms with van der Waals surface area (Å²) in [5, 5.41) is 9.20.